The van der Waals surface area contributed by atoms with Gasteiger partial charge in [0.25, 0.3) is 0 Å². The number of rotatable bonds is 3. The maximum Gasteiger partial charge on any atom is 0.128 e. The van der Waals surface area contributed by atoms with Crippen LogP contribution in [0, 0.1) is 11.8 Å². The molecule has 0 aliphatic heterocycles. The molecular weight excluding hydrogens is 198 g/mol. The van der Waals surface area contributed by atoms with Crippen LogP contribution in [0.3, 0.4) is 0 Å². The summed E-state index contributed by atoms with van der Waals surface area (Å²) < 4.78 is 0. The van der Waals surface area contributed by atoms with E-state index in [9.17, 15) is 0 Å². The van der Waals surface area contributed by atoms with Gasteiger partial charge >= 0.3 is 0 Å². The topological polar surface area (TPSA) is 50.9 Å². The first-order valence-corrected chi connectivity index (χ1v) is 5.25. The van der Waals surface area contributed by atoms with Gasteiger partial charge in [-0.1, -0.05) is 18.1 Å². The average molecular weight is 215 g/mol. The molecule has 0 aliphatic carbocycles. The Kier molecular flexibility index (Phi) is 4.41. The number of allylic oxidation sites excluding steroid dienone is 2. The first kappa shape index (κ1) is 12.1. The van der Waals surface area contributed by atoms with Crippen molar-refractivity contribution in [3.05, 3.63) is 35.7 Å². The number of anilines is 1. The standard InChI is InChI=1S/C13H17N3/c1-4-7-11(5-2)16-10(3)12-8-6-9-15-13(12)14/h5-6,8-10,16H,1-3H3,(H2,14,15)/b11-5+. The van der Waals surface area contributed by atoms with Crippen LogP contribution >= 0.6 is 0 Å². The molecule has 0 aromatic carbocycles. The third-order valence-electron chi connectivity index (χ3n) is 2.26. The number of aromatic nitrogens is 1. The molecule has 84 valence electrons. The molecule has 0 saturated heterocycles. The minimum atomic E-state index is 0.0979. The molecule has 1 unspecified atom stereocenters. The highest BCUT2D eigenvalue weighted by Crippen LogP contribution is 2.17. The van der Waals surface area contributed by atoms with Crippen molar-refractivity contribution < 1.29 is 0 Å². The van der Waals surface area contributed by atoms with E-state index in [2.05, 4.69) is 22.1 Å². The van der Waals surface area contributed by atoms with E-state index in [-0.39, 0.29) is 6.04 Å². The van der Waals surface area contributed by atoms with Crippen LogP contribution < -0.4 is 11.1 Å². The minimum absolute atomic E-state index is 0.0979. The smallest absolute Gasteiger partial charge is 0.128 e. The molecule has 1 aromatic heterocycles. The first-order valence-electron chi connectivity index (χ1n) is 5.25. The molecule has 1 aromatic rings. The lowest BCUT2D eigenvalue weighted by Gasteiger charge is -2.16. The molecule has 3 nitrogen and oxygen atoms in total. The number of nitrogens with two attached hydrogens (primary N) is 1. The molecule has 1 rings (SSSR count). The summed E-state index contributed by atoms with van der Waals surface area (Å²) in [6, 6.07) is 3.94. The maximum absolute atomic E-state index is 5.81. The van der Waals surface area contributed by atoms with Crippen molar-refractivity contribution in [3.63, 3.8) is 0 Å². The number of nitrogens with zero attached hydrogens (tertiary/aromatic N) is 1. The van der Waals surface area contributed by atoms with Crippen LogP contribution in [0.4, 0.5) is 5.82 Å². The van der Waals surface area contributed by atoms with Crippen molar-refractivity contribution in [2.45, 2.75) is 26.8 Å². The van der Waals surface area contributed by atoms with Crippen LogP contribution in [0.25, 0.3) is 0 Å². The van der Waals surface area contributed by atoms with Crippen LogP contribution in [-0.2, 0) is 0 Å². The number of nitrogen functional groups attached to an aromatic ring is 1. The molecule has 0 fully saturated rings. The van der Waals surface area contributed by atoms with Crippen LogP contribution in [0.1, 0.15) is 32.4 Å². The molecule has 0 amide bonds. The second kappa shape index (κ2) is 5.82. The van der Waals surface area contributed by atoms with Gasteiger partial charge in [0.05, 0.1) is 11.7 Å². The monoisotopic (exact) mass is 215 g/mol. The second-order valence-electron chi connectivity index (χ2n) is 3.42. The van der Waals surface area contributed by atoms with Crippen molar-refractivity contribution in [3.8, 4) is 11.8 Å². The Morgan fingerprint density at radius 3 is 2.94 bits per heavy atom. The predicted molar refractivity (Wildman–Crippen MR) is 67.4 cm³/mol. The fourth-order valence-corrected chi connectivity index (χ4v) is 1.43. The van der Waals surface area contributed by atoms with Gasteiger partial charge in [-0.2, -0.15) is 0 Å². The van der Waals surface area contributed by atoms with Gasteiger partial charge in [-0.25, -0.2) is 4.98 Å². The minimum Gasteiger partial charge on any atom is -0.383 e. The number of nitrogens with one attached hydrogen (secondary N) is 1. The van der Waals surface area contributed by atoms with Crippen LogP contribution in [-0.4, -0.2) is 4.98 Å². The molecule has 3 heteroatoms. The zero-order valence-electron chi connectivity index (χ0n) is 9.91. The van der Waals surface area contributed by atoms with Gasteiger partial charge in [-0.05, 0) is 32.8 Å². The maximum atomic E-state index is 5.81. The average Bonchev–Trinajstić information content (AvgIpc) is 2.28. The van der Waals surface area contributed by atoms with E-state index in [1.54, 1.807) is 6.20 Å². The molecule has 0 spiro atoms. The first-order chi connectivity index (χ1) is 7.69. The molecule has 0 aliphatic rings. The Hall–Kier alpha value is -1.95. The Morgan fingerprint density at radius 2 is 2.38 bits per heavy atom. The third kappa shape index (κ3) is 3.03. The second-order valence-corrected chi connectivity index (χ2v) is 3.42. The molecule has 1 atom stereocenters. The van der Waals surface area contributed by atoms with Crippen LogP contribution in [0.2, 0.25) is 0 Å². The quantitative estimate of drug-likeness (QED) is 0.760. The van der Waals surface area contributed by atoms with E-state index >= 15 is 0 Å². The summed E-state index contributed by atoms with van der Waals surface area (Å²) >= 11 is 0. The third-order valence-corrected chi connectivity index (χ3v) is 2.26. The van der Waals surface area contributed by atoms with Crippen molar-refractivity contribution in [1.82, 2.24) is 10.3 Å². The zero-order chi connectivity index (χ0) is 12.0. The highest BCUT2D eigenvalue weighted by Gasteiger charge is 2.08. The lowest BCUT2D eigenvalue weighted by molar-refractivity contribution is 0.667. The van der Waals surface area contributed by atoms with Crippen molar-refractivity contribution in [1.29, 1.82) is 0 Å². The summed E-state index contributed by atoms with van der Waals surface area (Å²) in [5, 5.41) is 3.29. The van der Waals surface area contributed by atoms with E-state index in [1.807, 2.05) is 39.0 Å². The Morgan fingerprint density at radius 1 is 1.62 bits per heavy atom. The van der Waals surface area contributed by atoms with E-state index in [0.29, 0.717) is 5.82 Å². The number of hydrogen-bond acceptors (Lipinski definition) is 3. The van der Waals surface area contributed by atoms with Crippen LogP contribution in [0.5, 0.6) is 0 Å². The summed E-state index contributed by atoms with van der Waals surface area (Å²) in [4.78, 5) is 4.06. The summed E-state index contributed by atoms with van der Waals surface area (Å²) in [5.41, 5.74) is 7.69. The Labute approximate surface area is 96.8 Å². The zero-order valence-corrected chi connectivity index (χ0v) is 9.91. The summed E-state index contributed by atoms with van der Waals surface area (Å²) in [5.74, 6) is 6.41. The van der Waals surface area contributed by atoms with Crippen molar-refractivity contribution in [2.75, 3.05) is 5.73 Å². The van der Waals surface area contributed by atoms with Gasteiger partial charge in [0.2, 0.25) is 0 Å². The highest BCUT2D eigenvalue weighted by atomic mass is 14.9. The van der Waals surface area contributed by atoms with E-state index in [0.717, 1.165) is 11.3 Å². The van der Waals surface area contributed by atoms with E-state index in [4.69, 9.17) is 5.73 Å². The highest BCUT2D eigenvalue weighted by molar-refractivity contribution is 5.41. The fraction of sp³-hybridized carbons (Fsp3) is 0.308. The van der Waals surface area contributed by atoms with Gasteiger partial charge in [-0.3, -0.25) is 0 Å². The van der Waals surface area contributed by atoms with Gasteiger partial charge in [0.1, 0.15) is 5.82 Å². The van der Waals surface area contributed by atoms with Crippen molar-refractivity contribution >= 4 is 5.82 Å². The Bertz CT molecular complexity index is 438. The molecular formula is C13H17N3. The molecule has 0 bridgehead atoms. The van der Waals surface area contributed by atoms with E-state index in [1.165, 1.54) is 0 Å². The fourth-order valence-electron chi connectivity index (χ4n) is 1.43. The van der Waals surface area contributed by atoms with Crippen molar-refractivity contribution in [2.24, 2.45) is 0 Å². The summed E-state index contributed by atoms with van der Waals surface area (Å²) in [6.45, 7) is 5.80. The molecule has 16 heavy (non-hydrogen) atoms. The largest absolute Gasteiger partial charge is 0.383 e. The molecule has 0 saturated carbocycles. The summed E-state index contributed by atoms with van der Waals surface area (Å²) in [6.07, 6.45) is 3.63. The summed E-state index contributed by atoms with van der Waals surface area (Å²) in [7, 11) is 0. The van der Waals surface area contributed by atoms with Gasteiger partial charge in [0.15, 0.2) is 0 Å². The number of hydrogen-bond donors (Lipinski definition) is 2. The SMILES string of the molecule is CC#C/C(=C\C)NC(C)c1cccnc1N. The van der Waals surface area contributed by atoms with Gasteiger partial charge < -0.3 is 11.1 Å². The molecule has 3 N–H and O–H groups in total. The lowest BCUT2D eigenvalue weighted by Crippen LogP contribution is -2.18. The number of pyridine rings is 1. The lowest BCUT2D eigenvalue weighted by atomic mass is 10.1. The predicted octanol–water partition coefficient (Wildman–Crippen LogP) is 2.24. The molecule has 1 heterocycles. The van der Waals surface area contributed by atoms with Gasteiger partial charge in [-0.15, -0.1) is 0 Å². The Balaban J connectivity index is 2.82. The van der Waals surface area contributed by atoms with Crippen LogP contribution in [0.15, 0.2) is 30.1 Å². The van der Waals surface area contributed by atoms with E-state index < -0.39 is 0 Å². The normalized spacial score (nSPS) is 12.6. The van der Waals surface area contributed by atoms with Gasteiger partial charge in [0, 0.05) is 11.8 Å². The molecule has 0 radical (unpaired) electrons.